The molecule has 1 fully saturated rings. The Labute approximate surface area is 102 Å². The molecule has 0 bridgehead atoms. The maximum absolute atomic E-state index is 13.1. The molecule has 0 amide bonds. The third-order valence-corrected chi connectivity index (χ3v) is 3.66. The number of aromatic hydroxyl groups is 1. The van der Waals surface area contributed by atoms with Crippen LogP contribution in [0.3, 0.4) is 0 Å². The number of hydrogen-bond donors (Lipinski definition) is 1. The van der Waals surface area contributed by atoms with Gasteiger partial charge in [0.25, 0.3) is 0 Å². The highest BCUT2D eigenvalue weighted by Crippen LogP contribution is 2.25. The fourth-order valence-corrected chi connectivity index (χ4v) is 2.60. The van der Waals surface area contributed by atoms with Gasteiger partial charge in [-0.05, 0) is 38.1 Å². The zero-order chi connectivity index (χ0) is 12.3. The van der Waals surface area contributed by atoms with E-state index < -0.39 is 0 Å². The third-order valence-electron chi connectivity index (χ3n) is 3.66. The highest BCUT2D eigenvalue weighted by atomic mass is 19.1. The standard InChI is InChI=1S/C14H20FNO/c1-16(13-5-3-2-4-6-13)10-11-9-12(15)7-8-14(11)17/h7-9,13,17H,2-6,10H2,1H3. The molecule has 2 nitrogen and oxygen atoms in total. The van der Waals surface area contributed by atoms with Crippen LogP contribution in [0.1, 0.15) is 37.7 Å². The van der Waals surface area contributed by atoms with E-state index in [-0.39, 0.29) is 11.6 Å². The van der Waals surface area contributed by atoms with E-state index in [1.54, 1.807) is 0 Å². The Balaban J connectivity index is 2.01. The van der Waals surface area contributed by atoms with Crippen LogP contribution in [0.2, 0.25) is 0 Å². The van der Waals surface area contributed by atoms with Crippen molar-refractivity contribution in [3.63, 3.8) is 0 Å². The molecule has 3 heteroatoms. The minimum Gasteiger partial charge on any atom is -0.508 e. The molecule has 0 aromatic heterocycles. The average Bonchev–Trinajstić information content (AvgIpc) is 2.35. The molecule has 1 aliphatic carbocycles. The molecule has 0 radical (unpaired) electrons. The van der Waals surface area contributed by atoms with Crippen molar-refractivity contribution >= 4 is 0 Å². The molecule has 1 aromatic rings. The summed E-state index contributed by atoms with van der Waals surface area (Å²) >= 11 is 0. The van der Waals surface area contributed by atoms with Crippen LogP contribution in [0, 0.1) is 5.82 Å². The molecule has 1 N–H and O–H groups in total. The lowest BCUT2D eigenvalue weighted by atomic mass is 9.94. The largest absolute Gasteiger partial charge is 0.508 e. The monoisotopic (exact) mass is 237 g/mol. The van der Waals surface area contributed by atoms with Crippen molar-refractivity contribution in [2.75, 3.05) is 7.05 Å². The lowest BCUT2D eigenvalue weighted by Gasteiger charge is -2.31. The maximum Gasteiger partial charge on any atom is 0.123 e. The summed E-state index contributed by atoms with van der Waals surface area (Å²) in [6.45, 7) is 0.619. The topological polar surface area (TPSA) is 23.5 Å². The van der Waals surface area contributed by atoms with E-state index in [9.17, 15) is 9.50 Å². The van der Waals surface area contributed by atoms with Crippen molar-refractivity contribution in [2.24, 2.45) is 0 Å². The van der Waals surface area contributed by atoms with E-state index in [0.29, 0.717) is 18.2 Å². The molecule has 1 saturated carbocycles. The predicted octanol–water partition coefficient (Wildman–Crippen LogP) is 3.30. The Bertz CT molecular complexity index is 374. The molecular weight excluding hydrogens is 217 g/mol. The lowest BCUT2D eigenvalue weighted by Crippen LogP contribution is -2.32. The molecule has 2 rings (SSSR count). The van der Waals surface area contributed by atoms with Gasteiger partial charge in [-0.1, -0.05) is 19.3 Å². The van der Waals surface area contributed by atoms with Gasteiger partial charge in [-0.15, -0.1) is 0 Å². The summed E-state index contributed by atoms with van der Waals surface area (Å²) in [5.41, 5.74) is 0.679. The zero-order valence-corrected chi connectivity index (χ0v) is 10.3. The molecule has 0 spiro atoms. The molecule has 0 atom stereocenters. The van der Waals surface area contributed by atoms with Crippen molar-refractivity contribution in [1.82, 2.24) is 4.90 Å². The van der Waals surface area contributed by atoms with Crippen LogP contribution in [0.25, 0.3) is 0 Å². The first-order valence-corrected chi connectivity index (χ1v) is 6.34. The summed E-state index contributed by atoms with van der Waals surface area (Å²) in [4.78, 5) is 2.23. The molecule has 0 saturated heterocycles. The molecule has 1 aromatic carbocycles. The number of halogens is 1. The average molecular weight is 237 g/mol. The van der Waals surface area contributed by atoms with Crippen LogP contribution in [0.15, 0.2) is 18.2 Å². The third kappa shape index (κ3) is 3.19. The van der Waals surface area contributed by atoms with E-state index in [0.717, 1.165) is 0 Å². The van der Waals surface area contributed by atoms with Gasteiger partial charge in [0, 0.05) is 18.2 Å². The van der Waals surface area contributed by atoms with Crippen molar-refractivity contribution in [3.05, 3.63) is 29.6 Å². The van der Waals surface area contributed by atoms with Gasteiger partial charge in [-0.2, -0.15) is 0 Å². The summed E-state index contributed by atoms with van der Waals surface area (Å²) in [7, 11) is 2.06. The number of phenols is 1. The molecular formula is C14H20FNO. The Morgan fingerprint density at radius 2 is 2.00 bits per heavy atom. The summed E-state index contributed by atoms with van der Waals surface area (Å²) in [6, 6.07) is 4.72. The quantitative estimate of drug-likeness (QED) is 0.872. The van der Waals surface area contributed by atoms with Crippen molar-refractivity contribution < 1.29 is 9.50 Å². The number of nitrogens with zero attached hydrogens (tertiary/aromatic N) is 1. The first-order chi connectivity index (χ1) is 8.16. The van der Waals surface area contributed by atoms with E-state index in [2.05, 4.69) is 11.9 Å². The van der Waals surface area contributed by atoms with E-state index in [4.69, 9.17) is 0 Å². The summed E-state index contributed by atoms with van der Waals surface area (Å²) in [5, 5.41) is 9.69. The molecule has 0 aliphatic heterocycles. The fourth-order valence-electron chi connectivity index (χ4n) is 2.60. The van der Waals surface area contributed by atoms with Gasteiger partial charge < -0.3 is 5.11 Å². The Morgan fingerprint density at radius 3 is 2.71 bits per heavy atom. The van der Waals surface area contributed by atoms with Gasteiger partial charge in [0.2, 0.25) is 0 Å². The van der Waals surface area contributed by atoms with Crippen LogP contribution in [-0.2, 0) is 6.54 Å². The molecule has 94 valence electrons. The SMILES string of the molecule is CN(Cc1cc(F)ccc1O)C1CCCCC1. The highest BCUT2D eigenvalue weighted by Gasteiger charge is 2.18. The maximum atomic E-state index is 13.1. The van der Waals surface area contributed by atoms with E-state index in [1.165, 1.54) is 50.3 Å². The second-order valence-electron chi connectivity index (χ2n) is 4.98. The Morgan fingerprint density at radius 1 is 1.29 bits per heavy atom. The number of phenolic OH excluding ortho intramolecular Hbond substituents is 1. The smallest absolute Gasteiger partial charge is 0.123 e. The minimum atomic E-state index is -0.283. The number of benzene rings is 1. The van der Waals surface area contributed by atoms with Crippen molar-refractivity contribution in [1.29, 1.82) is 0 Å². The predicted molar refractivity (Wildman–Crippen MR) is 66.4 cm³/mol. The highest BCUT2D eigenvalue weighted by molar-refractivity contribution is 5.32. The van der Waals surface area contributed by atoms with Crippen LogP contribution >= 0.6 is 0 Å². The van der Waals surface area contributed by atoms with E-state index >= 15 is 0 Å². The Kier molecular flexibility index (Phi) is 4.00. The van der Waals surface area contributed by atoms with Gasteiger partial charge >= 0.3 is 0 Å². The first-order valence-electron chi connectivity index (χ1n) is 6.34. The second kappa shape index (κ2) is 5.50. The van der Waals surface area contributed by atoms with Gasteiger partial charge in [0.15, 0.2) is 0 Å². The number of rotatable bonds is 3. The summed E-state index contributed by atoms with van der Waals surface area (Å²) in [6.07, 6.45) is 6.32. The minimum absolute atomic E-state index is 0.189. The van der Waals surface area contributed by atoms with Crippen LogP contribution < -0.4 is 0 Å². The molecule has 1 aliphatic rings. The second-order valence-corrected chi connectivity index (χ2v) is 4.98. The van der Waals surface area contributed by atoms with Gasteiger partial charge in [-0.25, -0.2) is 4.39 Å². The van der Waals surface area contributed by atoms with Crippen molar-refractivity contribution in [2.45, 2.75) is 44.7 Å². The molecule has 0 heterocycles. The van der Waals surface area contributed by atoms with Gasteiger partial charge in [0.05, 0.1) is 0 Å². The Hall–Kier alpha value is -1.09. The normalized spacial score (nSPS) is 17.6. The fraction of sp³-hybridized carbons (Fsp3) is 0.571. The number of hydrogen-bond acceptors (Lipinski definition) is 2. The molecule has 17 heavy (non-hydrogen) atoms. The summed E-state index contributed by atoms with van der Waals surface area (Å²) in [5.74, 6) is -0.0936. The van der Waals surface area contributed by atoms with Gasteiger partial charge in [0.1, 0.15) is 11.6 Å². The van der Waals surface area contributed by atoms with E-state index in [1.807, 2.05) is 0 Å². The zero-order valence-electron chi connectivity index (χ0n) is 10.3. The van der Waals surface area contributed by atoms with Gasteiger partial charge in [-0.3, -0.25) is 4.90 Å². The lowest BCUT2D eigenvalue weighted by molar-refractivity contribution is 0.183. The van der Waals surface area contributed by atoms with Crippen LogP contribution in [0.4, 0.5) is 4.39 Å². The van der Waals surface area contributed by atoms with Crippen molar-refractivity contribution in [3.8, 4) is 5.75 Å². The molecule has 0 unspecified atom stereocenters. The van der Waals surface area contributed by atoms with Crippen LogP contribution in [-0.4, -0.2) is 23.1 Å². The summed E-state index contributed by atoms with van der Waals surface area (Å²) < 4.78 is 13.1. The first kappa shape index (κ1) is 12.4. The van der Waals surface area contributed by atoms with Crippen LogP contribution in [0.5, 0.6) is 5.75 Å².